The second-order valence-corrected chi connectivity index (χ2v) is 25.4. The predicted octanol–water partition coefficient (Wildman–Crippen LogP) is 21.3. The molecular formula is C86H50N10. The fourth-order valence-corrected chi connectivity index (χ4v) is 16.5. The standard InChI is InChI=1S/C86H50N10/c1-9-25-71-57(17-1)58-18-2-10-26-72(58)91(71)51-33-37-65-66-38-34-52(92-73-27-11-3-19-59(73)60-20-4-12-28-74(60)92)46-80(66)95(79(65)45-51)55-43-69-83-84(88-42-41-87-83)70-44-56(50-90-86(70)85(69)89-49-55)96-81-47-53(93-75-29-13-5-21-61(75)62-22-6-14-30-76(62)93)35-39-67(81)68-40-36-54(48-82(68)96)94-77-31-15-7-23-63(77)64-24-8-16-32-78(64)94/h1-50H. The largest absolute Gasteiger partial charge is 0.309 e. The highest BCUT2D eigenvalue weighted by Crippen LogP contribution is 2.44. The van der Waals surface area contributed by atoms with Crippen LogP contribution in [0.2, 0.25) is 0 Å². The van der Waals surface area contributed by atoms with Gasteiger partial charge in [-0.05, 0) is 109 Å². The molecule has 0 aliphatic carbocycles. The van der Waals surface area contributed by atoms with Gasteiger partial charge in [0.25, 0.3) is 0 Å². The average Bonchev–Trinajstić information content (AvgIpc) is 1.46. The van der Waals surface area contributed by atoms with Gasteiger partial charge in [-0.3, -0.25) is 19.9 Å². The molecule has 0 radical (unpaired) electrons. The molecule has 0 bridgehead atoms. The topological polar surface area (TPSA) is 81.1 Å². The van der Waals surface area contributed by atoms with Crippen molar-refractivity contribution in [1.82, 2.24) is 47.3 Å². The van der Waals surface area contributed by atoms with E-state index in [1.54, 1.807) is 12.4 Å². The quantitative estimate of drug-likeness (QED) is 0.155. The molecule has 10 heteroatoms. The molecule has 0 aliphatic rings. The summed E-state index contributed by atoms with van der Waals surface area (Å²) in [6, 6.07) is 102. The summed E-state index contributed by atoms with van der Waals surface area (Å²) >= 11 is 0. The van der Waals surface area contributed by atoms with Gasteiger partial charge in [-0.15, -0.1) is 0 Å². The highest BCUT2D eigenvalue weighted by atomic mass is 15.1. The predicted molar refractivity (Wildman–Crippen MR) is 396 cm³/mol. The van der Waals surface area contributed by atoms with E-state index in [-0.39, 0.29) is 0 Å². The minimum absolute atomic E-state index is 0.746. The molecule has 9 aromatic heterocycles. The van der Waals surface area contributed by atoms with E-state index in [1.807, 2.05) is 12.4 Å². The number of hydrogen-bond donors (Lipinski definition) is 0. The number of hydrogen-bond acceptors (Lipinski definition) is 4. The summed E-state index contributed by atoms with van der Waals surface area (Å²) in [5, 5.41) is 16.0. The van der Waals surface area contributed by atoms with E-state index in [4.69, 9.17) is 19.9 Å². The third-order valence-corrected chi connectivity index (χ3v) is 20.5. The summed E-state index contributed by atoms with van der Waals surface area (Å²) in [4.78, 5) is 21.5. The van der Waals surface area contributed by atoms with Crippen LogP contribution in [0.4, 0.5) is 0 Å². The number of para-hydroxylation sites is 8. The maximum Gasteiger partial charge on any atom is 0.0989 e. The lowest BCUT2D eigenvalue weighted by Gasteiger charge is -2.15. The number of benzene rings is 13. The lowest BCUT2D eigenvalue weighted by atomic mass is 10.1. The zero-order valence-corrected chi connectivity index (χ0v) is 51.3. The average molecular weight is 1220 g/mol. The van der Waals surface area contributed by atoms with Crippen molar-refractivity contribution in [3.05, 3.63) is 304 Å². The lowest BCUT2D eigenvalue weighted by molar-refractivity contribution is 1.13. The van der Waals surface area contributed by atoms with Crippen LogP contribution >= 0.6 is 0 Å². The van der Waals surface area contributed by atoms with Gasteiger partial charge < -0.3 is 27.4 Å². The molecule has 0 spiro atoms. The number of aromatic nitrogens is 10. The van der Waals surface area contributed by atoms with Crippen LogP contribution in [0.15, 0.2) is 304 Å². The van der Waals surface area contributed by atoms with E-state index in [0.717, 1.165) is 155 Å². The van der Waals surface area contributed by atoms with Crippen LogP contribution in [0.5, 0.6) is 0 Å². The molecule has 13 aromatic carbocycles. The van der Waals surface area contributed by atoms with E-state index in [0.29, 0.717) is 0 Å². The van der Waals surface area contributed by atoms with Crippen molar-refractivity contribution < 1.29 is 0 Å². The summed E-state index contributed by atoms with van der Waals surface area (Å²) < 4.78 is 14.4. The number of fused-ring (bicyclic) bond motifs is 24. The molecule has 9 heterocycles. The van der Waals surface area contributed by atoms with Crippen molar-refractivity contribution in [2.24, 2.45) is 0 Å². The van der Waals surface area contributed by atoms with Gasteiger partial charge in [0.15, 0.2) is 0 Å². The van der Waals surface area contributed by atoms with Crippen molar-refractivity contribution in [1.29, 1.82) is 0 Å². The van der Waals surface area contributed by atoms with Gasteiger partial charge >= 0.3 is 0 Å². The Bertz CT molecular complexity index is 6170. The van der Waals surface area contributed by atoms with Crippen LogP contribution < -0.4 is 0 Å². The van der Waals surface area contributed by atoms with E-state index in [9.17, 15) is 0 Å². The molecule has 0 fully saturated rings. The molecule has 0 amide bonds. The van der Waals surface area contributed by atoms with Gasteiger partial charge in [0.1, 0.15) is 0 Å². The fraction of sp³-hybridized carbons (Fsp3) is 0. The van der Waals surface area contributed by atoms with Gasteiger partial charge in [0, 0.05) is 111 Å². The van der Waals surface area contributed by atoms with Crippen molar-refractivity contribution in [2.45, 2.75) is 0 Å². The second-order valence-electron chi connectivity index (χ2n) is 25.4. The van der Waals surface area contributed by atoms with Crippen LogP contribution in [0.25, 0.3) is 198 Å². The fourth-order valence-electron chi connectivity index (χ4n) is 16.5. The third kappa shape index (κ3) is 6.97. The summed E-state index contributed by atoms with van der Waals surface area (Å²) in [5.74, 6) is 0. The first-order valence-corrected chi connectivity index (χ1v) is 32.6. The smallest absolute Gasteiger partial charge is 0.0989 e. The van der Waals surface area contributed by atoms with Crippen LogP contribution in [-0.2, 0) is 0 Å². The minimum atomic E-state index is 0.746. The van der Waals surface area contributed by atoms with Crippen LogP contribution in [0.1, 0.15) is 0 Å². The third-order valence-electron chi connectivity index (χ3n) is 20.5. The number of rotatable bonds is 6. The summed E-state index contributed by atoms with van der Waals surface area (Å²) in [5.41, 5.74) is 22.5. The van der Waals surface area contributed by atoms with E-state index in [2.05, 4.69) is 306 Å². The van der Waals surface area contributed by atoms with Gasteiger partial charge in [0.05, 0.1) is 112 Å². The Balaban J connectivity index is 0.784. The molecule has 10 nitrogen and oxygen atoms in total. The summed E-state index contributed by atoms with van der Waals surface area (Å²) in [7, 11) is 0. The van der Waals surface area contributed by atoms with Crippen molar-refractivity contribution in [2.75, 3.05) is 0 Å². The highest BCUT2D eigenvalue weighted by molar-refractivity contribution is 6.22. The van der Waals surface area contributed by atoms with Crippen LogP contribution in [0, 0.1) is 0 Å². The monoisotopic (exact) mass is 1220 g/mol. The van der Waals surface area contributed by atoms with Gasteiger partial charge in [-0.2, -0.15) is 0 Å². The zero-order valence-electron chi connectivity index (χ0n) is 51.3. The Kier molecular flexibility index (Phi) is 10.3. The Morgan fingerprint density at radius 1 is 0.156 bits per heavy atom. The molecule has 0 atom stereocenters. The Labute approximate surface area is 545 Å². The SMILES string of the molecule is c1ccc2c(c1)c1ccccc1n2-c1ccc2c3ccc(-n4c5ccccc5c5ccccc54)cc3n(-c3cnc4c(c3)c3nccnc3c3cc(-n5c6cc(-n7c8ccccc8c8ccccc87)ccc6c6ccc(-n7c8ccccc8c8ccccc87)cc65)cnc34)c2c1. The summed E-state index contributed by atoms with van der Waals surface area (Å²) in [6.45, 7) is 0. The molecular weight excluding hydrogens is 1170 g/mol. The molecule has 0 saturated heterocycles. The van der Waals surface area contributed by atoms with Crippen molar-refractivity contribution in [3.8, 4) is 34.1 Å². The van der Waals surface area contributed by atoms with Crippen molar-refractivity contribution >= 4 is 164 Å². The second kappa shape index (κ2) is 19.2. The van der Waals surface area contributed by atoms with Crippen LogP contribution in [0.3, 0.4) is 0 Å². The van der Waals surface area contributed by atoms with Gasteiger partial charge in [-0.1, -0.05) is 170 Å². The molecule has 0 saturated carbocycles. The molecule has 96 heavy (non-hydrogen) atoms. The first kappa shape index (κ1) is 51.4. The number of pyridine rings is 2. The van der Waals surface area contributed by atoms with Gasteiger partial charge in [0.2, 0.25) is 0 Å². The highest BCUT2D eigenvalue weighted by Gasteiger charge is 2.24. The maximum atomic E-state index is 5.54. The number of nitrogens with zero attached hydrogens (tertiary/aromatic N) is 10. The van der Waals surface area contributed by atoms with E-state index < -0.39 is 0 Å². The first-order chi connectivity index (χ1) is 47.6. The Morgan fingerprint density at radius 3 is 0.594 bits per heavy atom. The maximum absolute atomic E-state index is 5.54. The molecule has 0 aliphatic heterocycles. The lowest BCUT2D eigenvalue weighted by Crippen LogP contribution is -2.01. The van der Waals surface area contributed by atoms with E-state index >= 15 is 0 Å². The summed E-state index contributed by atoms with van der Waals surface area (Å²) in [6.07, 6.45) is 7.65. The first-order valence-electron chi connectivity index (χ1n) is 32.6. The zero-order chi connectivity index (χ0) is 62.4. The van der Waals surface area contributed by atoms with Crippen molar-refractivity contribution in [3.63, 3.8) is 0 Å². The Morgan fingerprint density at radius 2 is 0.354 bits per heavy atom. The minimum Gasteiger partial charge on any atom is -0.309 e. The van der Waals surface area contributed by atoms with E-state index in [1.165, 1.54) is 43.1 Å². The normalized spacial score (nSPS) is 12.4. The molecule has 22 aromatic rings. The molecule has 0 unspecified atom stereocenters. The Hall–Kier alpha value is -13.2. The molecule has 22 rings (SSSR count). The van der Waals surface area contributed by atoms with Crippen LogP contribution in [-0.4, -0.2) is 47.3 Å². The molecule has 0 N–H and O–H groups in total. The van der Waals surface area contributed by atoms with Gasteiger partial charge in [-0.25, -0.2) is 0 Å². The molecule has 444 valence electrons.